The molecule has 0 bridgehead atoms. The summed E-state index contributed by atoms with van der Waals surface area (Å²) in [5.41, 5.74) is 10.5. The number of hydrogen-bond acceptors (Lipinski definition) is 2. The first-order valence-electron chi connectivity index (χ1n) is 2.92. The molecule has 58 valence electrons. The number of aliphatic imine (C=N–C) groups is 1. The minimum atomic E-state index is 0.141. The lowest BCUT2D eigenvalue weighted by Crippen LogP contribution is -2.40. The third kappa shape index (κ3) is 5.30. The fourth-order valence-electron chi connectivity index (χ4n) is 0.437. The van der Waals surface area contributed by atoms with Gasteiger partial charge in [-0.2, -0.15) is 0 Å². The molecule has 0 saturated heterocycles. The quantitative estimate of drug-likeness (QED) is 0.276. The highest BCUT2D eigenvalue weighted by Crippen LogP contribution is 1.82. The molecule has 0 fully saturated rings. The van der Waals surface area contributed by atoms with Gasteiger partial charge < -0.3 is 16.8 Å². The maximum atomic E-state index is 5.35. The van der Waals surface area contributed by atoms with E-state index in [1.54, 1.807) is 0 Å². The van der Waals surface area contributed by atoms with E-state index in [0.29, 0.717) is 0 Å². The molecule has 4 nitrogen and oxygen atoms in total. The summed E-state index contributed by atoms with van der Waals surface area (Å²) in [5, 5.41) is 2.65. The topological polar surface area (TPSA) is 76.4 Å². The number of rotatable bonds is 1. The first-order valence-corrected chi connectivity index (χ1v) is 3.33. The highest BCUT2D eigenvalue weighted by molar-refractivity contribution is 7.80. The average molecular weight is 160 g/mol. The van der Waals surface area contributed by atoms with E-state index in [1.165, 1.54) is 0 Å². The maximum Gasteiger partial charge on any atom is 0.195 e. The van der Waals surface area contributed by atoms with Gasteiger partial charge in [-0.1, -0.05) is 0 Å². The Morgan fingerprint density at radius 1 is 1.50 bits per heavy atom. The van der Waals surface area contributed by atoms with E-state index in [1.807, 2.05) is 13.8 Å². The number of nitrogens with one attached hydrogen (secondary N) is 1. The van der Waals surface area contributed by atoms with Crippen molar-refractivity contribution in [3.63, 3.8) is 0 Å². The first kappa shape index (κ1) is 9.16. The molecule has 5 N–H and O–H groups in total. The molecule has 0 rings (SSSR count). The van der Waals surface area contributed by atoms with Crippen LogP contribution in [0.25, 0.3) is 0 Å². The molecule has 0 aliphatic carbocycles. The molecule has 0 atom stereocenters. The van der Waals surface area contributed by atoms with E-state index in [9.17, 15) is 0 Å². The molecule has 0 aromatic rings. The van der Waals surface area contributed by atoms with Crippen LogP contribution in [-0.2, 0) is 0 Å². The molecule has 0 spiro atoms. The molecule has 0 aromatic carbocycles. The Labute approximate surface area is 65.7 Å². The van der Waals surface area contributed by atoms with Crippen molar-refractivity contribution >= 4 is 23.3 Å². The lowest BCUT2D eigenvalue weighted by Gasteiger charge is -2.03. The Bertz CT molecular complexity index is 152. The van der Waals surface area contributed by atoms with Gasteiger partial charge in [0.05, 0.1) is 0 Å². The van der Waals surface area contributed by atoms with E-state index >= 15 is 0 Å². The first-order chi connectivity index (χ1) is 4.52. The molecular formula is C5H12N4S. The van der Waals surface area contributed by atoms with Gasteiger partial charge in [-0.25, -0.2) is 0 Å². The monoisotopic (exact) mass is 160 g/mol. The third-order valence-corrected chi connectivity index (χ3v) is 0.751. The fourth-order valence-corrected chi connectivity index (χ4v) is 0.541. The molecule has 0 aliphatic rings. The summed E-state index contributed by atoms with van der Waals surface area (Å²) in [4.78, 5) is 3.93. The fraction of sp³-hybridized carbons (Fsp3) is 0.600. The second-order valence-corrected chi connectivity index (χ2v) is 2.54. The van der Waals surface area contributed by atoms with Crippen LogP contribution in [0.15, 0.2) is 4.99 Å². The van der Waals surface area contributed by atoms with Gasteiger partial charge in [0.1, 0.15) is 0 Å². The maximum absolute atomic E-state index is 5.35. The molecular weight excluding hydrogens is 148 g/mol. The zero-order chi connectivity index (χ0) is 8.15. The van der Waals surface area contributed by atoms with Gasteiger partial charge in [-0.15, -0.1) is 0 Å². The second kappa shape index (κ2) is 4.05. The highest BCUT2D eigenvalue weighted by Gasteiger charge is 1.92. The van der Waals surface area contributed by atoms with Crippen molar-refractivity contribution in [2.24, 2.45) is 16.5 Å². The summed E-state index contributed by atoms with van der Waals surface area (Å²) in [6, 6.07) is 0.154. The average Bonchev–Trinajstić information content (AvgIpc) is 1.58. The van der Waals surface area contributed by atoms with Crippen molar-refractivity contribution in [3.8, 4) is 0 Å². The van der Waals surface area contributed by atoms with Crippen LogP contribution in [0.1, 0.15) is 13.8 Å². The van der Waals surface area contributed by atoms with Crippen molar-refractivity contribution in [1.29, 1.82) is 0 Å². The number of thiocarbonyl (C=S) groups is 1. The van der Waals surface area contributed by atoms with Crippen LogP contribution >= 0.6 is 12.2 Å². The Morgan fingerprint density at radius 3 is 2.30 bits per heavy atom. The molecule has 0 amide bonds. The Morgan fingerprint density at radius 2 is 2.00 bits per heavy atom. The summed E-state index contributed by atoms with van der Waals surface area (Å²) < 4.78 is 0. The number of guanidine groups is 1. The lowest BCUT2D eigenvalue weighted by molar-refractivity contribution is 0.828. The molecule has 0 radical (unpaired) electrons. The zero-order valence-corrected chi connectivity index (χ0v) is 6.90. The van der Waals surface area contributed by atoms with E-state index < -0.39 is 0 Å². The van der Waals surface area contributed by atoms with Crippen molar-refractivity contribution in [1.82, 2.24) is 5.32 Å². The molecule has 0 unspecified atom stereocenters. The summed E-state index contributed by atoms with van der Waals surface area (Å²) in [5.74, 6) is 0.266. The molecule has 0 heterocycles. The third-order valence-electron chi connectivity index (χ3n) is 0.649. The second-order valence-electron chi connectivity index (χ2n) is 2.10. The normalized spacial score (nSPS) is 11.7. The van der Waals surface area contributed by atoms with Gasteiger partial charge in [0.25, 0.3) is 0 Å². The van der Waals surface area contributed by atoms with Crippen LogP contribution in [0, 0.1) is 0 Å². The predicted molar refractivity (Wildman–Crippen MR) is 46.7 cm³/mol. The summed E-state index contributed by atoms with van der Waals surface area (Å²) in [6.07, 6.45) is 0. The van der Waals surface area contributed by atoms with Gasteiger partial charge in [-0.05, 0) is 26.1 Å². The summed E-state index contributed by atoms with van der Waals surface area (Å²) in [6.45, 7) is 3.82. The minimum absolute atomic E-state index is 0.141. The molecule has 0 aliphatic heterocycles. The zero-order valence-electron chi connectivity index (χ0n) is 6.09. The van der Waals surface area contributed by atoms with E-state index in [0.717, 1.165) is 0 Å². The van der Waals surface area contributed by atoms with Crippen LogP contribution in [0.2, 0.25) is 0 Å². The number of hydrogen-bond donors (Lipinski definition) is 3. The Hall–Kier alpha value is -0.840. The molecule has 0 saturated carbocycles. The molecule has 0 aromatic heterocycles. The van der Waals surface area contributed by atoms with Gasteiger partial charge in [0, 0.05) is 6.04 Å². The van der Waals surface area contributed by atoms with Gasteiger partial charge in [0.2, 0.25) is 0 Å². The smallest absolute Gasteiger partial charge is 0.195 e. The van der Waals surface area contributed by atoms with Crippen LogP contribution < -0.4 is 16.8 Å². The Kier molecular flexibility index (Phi) is 3.71. The predicted octanol–water partition coefficient (Wildman–Crippen LogP) is -0.457. The van der Waals surface area contributed by atoms with Crippen molar-refractivity contribution in [2.45, 2.75) is 19.9 Å². The lowest BCUT2D eigenvalue weighted by atomic mass is 10.4. The largest absolute Gasteiger partial charge is 0.376 e. The van der Waals surface area contributed by atoms with Gasteiger partial charge >= 0.3 is 0 Å². The van der Waals surface area contributed by atoms with Crippen molar-refractivity contribution < 1.29 is 0 Å². The summed E-state index contributed by atoms with van der Waals surface area (Å²) in [7, 11) is 0. The standard InChI is InChI=1S/C5H12N4S/c1-3(2)8-4(6)9-5(7)10/h3H,1-2H3,(H5,6,7,8,9,10). The van der Waals surface area contributed by atoms with Crippen molar-refractivity contribution in [2.75, 3.05) is 0 Å². The van der Waals surface area contributed by atoms with Crippen LogP contribution in [0.5, 0.6) is 0 Å². The van der Waals surface area contributed by atoms with Crippen LogP contribution in [-0.4, -0.2) is 17.1 Å². The van der Waals surface area contributed by atoms with Crippen LogP contribution in [0.4, 0.5) is 0 Å². The SMILES string of the molecule is CC(C)N=C(N)NC(N)=S. The Balaban J connectivity index is 3.82. The van der Waals surface area contributed by atoms with E-state index in [-0.39, 0.29) is 17.1 Å². The van der Waals surface area contributed by atoms with E-state index in [2.05, 4.69) is 22.5 Å². The van der Waals surface area contributed by atoms with E-state index in [4.69, 9.17) is 11.5 Å². The highest BCUT2D eigenvalue weighted by atomic mass is 32.1. The molecule has 5 heteroatoms. The van der Waals surface area contributed by atoms with Crippen molar-refractivity contribution in [3.05, 3.63) is 0 Å². The summed E-state index contributed by atoms with van der Waals surface area (Å²) >= 11 is 4.53. The minimum Gasteiger partial charge on any atom is -0.376 e. The number of nitrogens with two attached hydrogens (primary N) is 2. The number of nitrogens with zero attached hydrogens (tertiary/aromatic N) is 1. The van der Waals surface area contributed by atoms with Gasteiger partial charge in [-0.3, -0.25) is 4.99 Å². The van der Waals surface area contributed by atoms with Gasteiger partial charge in [0.15, 0.2) is 11.1 Å². The molecule has 10 heavy (non-hydrogen) atoms. The van der Waals surface area contributed by atoms with Crippen LogP contribution in [0.3, 0.4) is 0 Å².